The van der Waals surface area contributed by atoms with E-state index in [1.807, 2.05) is 6.26 Å². The van der Waals surface area contributed by atoms with Crippen LogP contribution in [-0.4, -0.2) is 24.5 Å². The van der Waals surface area contributed by atoms with Crippen molar-refractivity contribution in [2.45, 2.75) is 53.6 Å². The van der Waals surface area contributed by atoms with Crippen molar-refractivity contribution in [3.05, 3.63) is 23.7 Å². The Morgan fingerprint density at radius 1 is 1.21 bits per heavy atom. The molecule has 1 aromatic rings. The van der Waals surface area contributed by atoms with Gasteiger partial charge in [0.15, 0.2) is 0 Å². The molecule has 0 saturated heterocycles. The van der Waals surface area contributed by atoms with Gasteiger partial charge in [0.1, 0.15) is 5.76 Å². The number of furan rings is 1. The molecule has 0 spiro atoms. The molecule has 1 heterocycles. The fourth-order valence-corrected chi connectivity index (χ4v) is 2.34. The van der Waals surface area contributed by atoms with Crippen molar-refractivity contribution in [1.29, 1.82) is 0 Å². The van der Waals surface area contributed by atoms with E-state index >= 15 is 0 Å². The number of nitrogens with zero attached hydrogens (tertiary/aromatic N) is 1. The zero-order valence-corrected chi connectivity index (χ0v) is 13.0. The van der Waals surface area contributed by atoms with Crippen LogP contribution >= 0.6 is 0 Å². The van der Waals surface area contributed by atoms with Crippen LogP contribution < -0.4 is 5.32 Å². The summed E-state index contributed by atoms with van der Waals surface area (Å²) < 4.78 is 5.66. The summed E-state index contributed by atoms with van der Waals surface area (Å²) in [5.74, 6) is 1.92. The first kappa shape index (κ1) is 16.3. The molecule has 110 valence electrons. The Labute approximate surface area is 118 Å². The third-order valence-corrected chi connectivity index (χ3v) is 3.89. The molecule has 1 N–H and O–H groups in total. The van der Waals surface area contributed by atoms with Gasteiger partial charge < -0.3 is 9.73 Å². The lowest BCUT2D eigenvalue weighted by Gasteiger charge is -2.24. The lowest BCUT2D eigenvalue weighted by molar-refractivity contribution is 0.210. The minimum absolute atomic E-state index is 0.798. The SMILES string of the molecule is CCNCc1ccoc1CN(CC)CC(CC)CC. The Bertz CT molecular complexity index is 331. The van der Waals surface area contributed by atoms with Crippen LogP contribution in [0.25, 0.3) is 0 Å². The monoisotopic (exact) mass is 266 g/mol. The van der Waals surface area contributed by atoms with Crippen LogP contribution in [-0.2, 0) is 13.1 Å². The molecule has 3 heteroatoms. The molecular weight excluding hydrogens is 236 g/mol. The van der Waals surface area contributed by atoms with Crippen molar-refractivity contribution < 1.29 is 4.42 Å². The van der Waals surface area contributed by atoms with Crippen LogP contribution in [0.4, 0.5) is 0 Å². The van der Waals surface area contributed by atoms with E-state index < -0.39 is 0 Å². The standard InChI is InChI=1S/C16H30N2O/c1-5-14(6-2)12-18(8-4)13-16-15(9-10-19-16)11-17-7-3/h9-10,14,17H,5-8,11-13H2,1-4H3. The van der Waals surface area contributed by atoms with Crippen LogP contribution in [0.15, 0.2) is 16.7 Å². The van der Waals surface area contributed by atoms with Crippen molar-refractivity contribution >= 4 is 0 Å². The maximum Gasteiger partial charge on any atom is 0.122 e. The average molecular weight is 266 g/mol. The van der Waals surface area contributed by atoms with Crippen molar-refractivity contribution in [2.24, 2.45) is 5.92 Å². The van der Waals surface area contributed by atoms with Crippen LogP contribution in [0, 0.1) is 5.92 Å². The molecule has 0 fully saturated rings. The van der Waals surface area contributed by atoms with Gasteiger partial charge in [-0.3, -0.25) is 4.90 Å². The summed E-state index contributed by atoms with van der Waals surface area (Å²) >= 11 is 0. The third kappa shape index (κ3) is 5.37. The van der Waals surface area contributed by atoms with Gasteiger partial charge in [0.25, 0.3) is 0 Å². The summed E-state index contributed by atoms with van der Waals surface area (Å²) in [7, 11) is 0. The van der Waals surface area contributed by atoms with Gasteiger partial charge in [0.05, 0.1) is 12.8 Å². The highest BCUT2D eigenvalue weighted by Crippen LogP contribution is 2.16. The third-order valence-electron chi connectivity index (χ3n) is 3.89. The Balaban J connectivity index is 2.57. The first-order chi connectivity index (χ1) is 9.24. The van der Waals surface area contributed by atoms with Crippen molar-refractivity contribution in [3.63, 3.8) is 0 Å². The lowest BCUT2D eigenvalue weighted by atomic mass is 10.0. The van der Waals surface area contributed by atoms with Gasteiger partial charge in [-0.1, -0.05) is 40.5 Å². The summed E-state index contributed by atoms with van der Waals surface area (Å²) in [6, 6.07) is 2.09. The van der Waals surface area contributed by atoms with E-state index in [2.05, 4.69) is 44.0 Å². The van der Waals surface area contributed by atoms with Crippen LogP contribution in [0.2, 0.25) is 0 Å². The predicted octanol–water partition coefficient (Wildman–Crippen LogP) is 3.65. The zero-order valence-electron chi connectivity index (χ0n) is 13.0. The fourth-order valence-electron chi connectivity index (χ4n) is 2.34. The number of rotatable bonds is 10. The molecule has 1 aromatic heterocycles. The van der Waals surface area contributed by atoms with Crippen molar-refractivity contribution in [1.82, 2.24) is 10.2 Å². The van der Waals surface area contributed by atoms with Crippen LogP contribution in [0.1, 0.15) is 51.9 Å². The highest BCUT2D eigenvalue weighted by molar-refractivity contribution is 5.16. The molecule has 19 heavy (non-hydrogen) atoms. The molecule has 0 aliphatic rings. The molecule has 0 radical (unpaired) electrons. The summed E-state index contributed by atoms with van der Waals surface area (Å²) in [5.41, 5.74) is 1.30. The Morgan fingerprint density at radius 3 is 2.53 bits per heavy atom. The second-order valence-electron chi connectivity index (χ2n) is 5.16. The first-order valence-corrected chi connectivity index (χ1v) is 7.73. The number of hydrogen-bond donors (Lipinski definition) is 1. The second-order valence-corrected chi connectivity index (χ2v) is 5.16. The fraction of sp³-hybridized carbons (Fsp3) is 0.750. The summed E-state index contributed by atoms with van der Waals surface area (Å²) in [5, 5.41) is 3.37. The van der Waals surface area contributed by atoms with E-state index in [4.69, 9.17) is 4.42 Å². The van der Waals surface area contributed by atoms with Gasteiger partial charge in [-0.05, 0) is 25.1 Å². The maximum absolute atomic E-state index is 5.66. The molecule has 0 unspecified atom stereocenters. The Kier molecular flexibility index (Phi) is 7.84. The van der Waals surface area contributed by atoms with Crippen LogP contribution in [0.3, 0.4) is 0 Å². The molecule has 0 aliphatic carbocycles. The highest BCUT2D eigenvalue weighted by atomic mass is 16.3. The van der Waals surface area contributed by atoms with Crippen molar-refractivity contribution in [2.75, 3.05) is 19.6 Å². The second kappa shape index (κ2) is 9.16. The van der Waals surface area contributed by atoms with E-state index in [1.54, 1.807) is 0 Å². The van der Waals surface area contributed by atoms with E-state index in [9.17, 15) is 0 Å². The average Bonchev–Trinajstić information content (AvgIpc) is 2.88. The Hall–Kier alpha value is -0.800. The molecule has 0 aliphatic heterocycles. The van der Waals surface area contributed by atoms with E-state index in [0.717, 1.165) is 37.9 Å². The van der Waals surface area contributed by atoms with E-state index in [-0.39, 0.29) is 0 Å². The minimum atomic E-state index is 0.798. The summed E-state index contributed by atoms with van der Waals surface area (Å²) in [6.45, 7) is 14.0. The van der Waals surface area contributed by atoms with Crippen molar-refractivity contribution in [3.8, 4) is 0 Å². The summed E-state index contributed by atoms with van der Waals surface area (Å²) in [6.07, 6.45) is 4.33. The molecule has 0 bridgehead atoms. The molecule has 0 saturated carbocycles. The van der Waals surface area contributed by atoms with Gasteiger partial charge in [-0.25, -0.2) is 0 Å². The quantitative estimate of drug-likeness (QED) is 0.701. The van der Waals surface area contributed by atoms with Gasteiger partial charge in [0, 0.05) is 18.7 Å². The maximum atomic E-state index is 5.66. The number of nitrogens with one attached hydrogen (secondary N) is 1. The normalized spacial score (nSPS) is 11.7. The predicted molar refractivity (Wildman–Crippen MR) is 81.1 cm³/mol. The van der Waals surface area contributed by atoms with E-state index in [1.165, 1.54) is 24.9 Å². The Morgan fingerprint density at radius 2 is 1.95 bits per heavy atom. The van der Waals surface area contributed by atoms with Gasteiger partial charge in [-0.2, -0.15) is 0 Å². The van der Waals surface area contributed by atoms with Crippen LogP contribution in [0.5, 0.6) is 0 Å². The molecule has 0 aromatic carbocycles. The van der Waals surface area contributed by atoms with Gasteiger partial charge in [0.2, 0.25) is 0 Å². The molecule has 0 atom stereocenters. The largest absolute Gasteiger partial charge is 0.468 e. The molecule has 0 amide bonds. The van der Waals surface area contributed by atoms with E-state index in [0.29, 0.717) is 0 Å². The summed E-state index contributed by atoms with van der Waals surface area (Å²) in [4.78, 5) is 2.49. The number of hydrogen-bond acceptors (Lipinski definition) is 3. The topological polar surface area (TPSA) is 28.4 Å². The molecule has 3 nitrogen and oxygen atoms in total. The zero-order chi connectivity index (χ0) is 14.1. The molecular formula is C16H30N2O. The first-order valence-electron chi connectivity index (χ1n) is 7.73. The highest BCUT2D eigenvalue weighted by Gasteiger charge is 2.14. The minimum Gasteiger partial charge on any atom is -0.468 e. The van der Waals surface area contributed by atoms with Gasteiger partial charge >= 0.3 is 0 Å². The van der Waals surface area contributed by atoms with Gasteiger partial charge in [-0.15, -0.1) is 0 Å². The smallest absolute Gasteiger partial charge is 0.122 e. The molecule has 1 rings (SSSR count). The lowest BCUT2D eigenvalue weighted by Crippen LogP contribution is -2.29.